The summed E-state index contributed by atoms with van der Waals surface area (Å²) in [5.41, 5.74) is 1.41. The number of aromatic nitrogens is 2. The molecule has 1 fully saturated rings. The molecule has 4 nitrogen and oxygen atoms in total. The van der Waals surface area contributed by atoms with Crippen LogP contribution in [0.2, 0.25) is 0 Å². The summed E-state index contributed by atoms with van der Waals surface area (Å²) in [6, 6.07) is 2.65. The van der Waals surface area contributed by atoms with Crippen molar-refractivity contribution in [1.29, 1.82) is 0 Å². The lowest BCUT2D eigenvalue weighted by Gasteiger charge is -2.52. The van der Waals surface area contributed by atoms with E-state index in [4.69, 9.17) is 4.74 Å². The fourth-order valence-corrected chi connectivity index (χ4v) is 2.69. The van der Waals surface area contributed by atoms with Crippen molar-refractivity contribution in [1.82, 2.24) is 15.1 Å². The van der Waals surface area contributed by atoms with E-state index in [1.165, 1.54) is 0 Å². The maximum Gasteiger partial charge on any atom is 0.0655 e. The second kappa shape index (κ2) is 5.41. The summed E-state index contributed by atoms with van der Waals surface area (Å²) >= 11 is 0. The van der Waals surface area contributed by atoms with Gasteiger partial charge in [-0.15, -0.1) is 0 Å². The summed E-state index contributed by atoms with van der Waals surface area (Å²) in [6.45, 7) is 8.45. The van der Waals surface area contributed by atoms with Crippen molar-refractivity contribution in [3.63, 3.8) is 0 Å². The van der Waals surface area contributed by atoms with E-state index in [1.807, 2.05) is 17.9 Å². The van der Waals surface area contributed by atoms with Crippen molar-refractivity contribution in [2.75, 3.05) is 13.2 Å². The van der Waals surface area contributed by atoms with Gasteiger partial charge in [0.25, 0.3) is 0 Å². The standard InChI is InChI=1S/C14H25N3O/c1-5-18-13-10-12(14(13,2)3)15-8-6-11-7-9-17(4)16-11/h7,9,12-13,15H,5-6,8,10H2,1-4H3. The average Bonchev–Trinajstić information content (AvgIpc) is 2.73. The Morgan fingerprint density at radius 2 is 2.33 bits per heavy atom. The zero-order valence-electron chi connectivity index (χ0n) is 11.9. The van der Waals surface area contributed by atoms with Crippen molar-refractivity contribution >= 4 is 0 Å². The van der Waals surface area contributed by atoms with Crippen LogP contribution in [0, 0.1) is 5.41 Å². The van der Waals surface area contributed by atoms with Crippen molar-refractivity contribution < 1.29 is 4.74 Å². The fraction of sp³-hybridized carbons (Fsp3) is 0.786. The Morgan fingerprint density at radius 3 is 2.89 bits per heavy atom. The first-order chi connectivity index (χ1) is 8.54. The molecule has 0 radical (unpaired) electrons. The molecule has 0 aliphatic heterocycles. The molecule has 0 aromatic carbocycles. The van der Waals surface area contributed by atoms with Crippen LogP contribution in [0.5, 0.6) is 0 Å². The van der Waals surface area contributed by atoms with Crippen LogP contribution in [-0.2, 0) is 18.2 Å². The van der Waals surface area contributed by atoms with E-state index >= 15 is 0 Å². The van der Waals surface area contributed by atoms with Gasteiger partial charge in [0.15, 0.2) is 0 Å². The third-order valence-corrected chi connectivity index (χ3v) is 4.09. The van der Waals surface area contributed by atoms with Gasteiger partial charge in [-0.2, -0.15) is 5.10 Å². The van der Waals surface area contributed by atoms with Crippen LogP contribution in [0.1, 0.15) is 32.9 Å². The van der Waals surface area contributed by atoms with Crippen LogP contribution in [-0.4, -0.2) is 35.1 Å². The Morgan fingerprint density at radius 1 is 1.56 bits per heavy atom. The summed E-state index contributed by atoms with van der Waals surface area (Å²) in [7, 11) is 1.96. The first-order valence-corrected chi connectivity index (χ1v) is 6.87. The zero-order valence-corrected chi connectivity index (χ0v) is 11.9. The molecular formula is C14H25N3O. The molecule has 102 valence electrons. The van der Waals surface area contributed by atoms with Crippen LogP contribution in [0.25, 0.3) is 0 Å². The topological polar surface area (TPSA) is 39.1 Å². The van der Waals surface area contributed by atoms with E-state index < -0.39 is 0 Å². The van der Waals surface area contributed by atoms with E-state index in [2.05, 4.69) is 37.3 Å². The van der Waals surface area contributed by atoms with E-state index in [9.17, 15) is 0 Å². The van der Waals surface area contributed by atoms with Crippen molar-refractivity contribution in [2.24, 2.45) is 12.5 Å². The molecule has 1 aromatic heterocycles. The molecule has 1 N–H and O–H groups in total. The molecule has 2 rings (SSSR count). The van der Waals surface area contributed by atoms with Gasteiger partial charge in [0.05, 0.1) is 11.8 Å². The smallest absolute Gasteiger partial charge is 0.0655 e. The van der Waals surface area contributed by atoms with Crippen molar-refractivity contribution in [3.05, 3.63) is 18.0 Å². The summed E-state index contributed by atoms with van der Waals surface area (Å²) in [5, 5.41) is 8.01. The van der Waals surface area contributed by atoms with Crippen LogP contribution in [0.3, 0.4) is 0 Å². The molecule has 1 aromatic rings. The highest BCUT2D eigenvalue weighted by Crippen LogP contribution is 2.42. The van der Waals surface area contributed by atoms with Gasteiger partial charge in [-0.1, -0.05) is 13.8 Å². The molecule has 0 amide bonds. The molecule has 0 saturated heterocycles. The van der Waals surface area contributed by atoms with Gasteiger partial charge in [-0.3, -0.25) is 4.68 Å². The van der Waals surface area contributed by atoms with Gasteiger partial charge in [0, 0.05) is 44.3 Å². The van der Waals surface area contributed by atoms with Crippen LogP contribution < -0.4 is 5.32 Å². The largest absolute Gasteiger partial charge is 0.378 e. The molecule has 1 heterocycles. The monoisotopic (exact) mass is 251 g/mol. The normalized spacial score (nSPS) is 26.0. The Kier molecular flexibility index (Phi) is 4.07. The molecule has 2 atom stereocenters. The maximum absolute atomic E-state index is 5.74. The van der Waals surface area contributed by atoms with Crippen molar-refractivity contribution in [2.45, 2.75) is 45.8 Å². The van der Waals surface area contributed by atoms with Crippen LogP contribution >= 0.6 is 0 Å². The summed E-state index contributed by atoms with van der Waals surface area (Å²) in [6.07, 6.45) is 4.53. The van der Waals surface area contributed by atoms with Gasteiger partial charge < -0.3 is 10.1 Å². The van der Waals surface area contributed by atoms with Gasteiger partial charge in [-0.25, -0.2) is 0 Å². The summed E-state index contributed by atoms with van der Waals surface area (Å²) in [5.74, 6) is 0. The van der Waals surface area contributed by atoms with E-state index in [-0.39, 0.29) is 5.41 Å². The molecule has 4 heteroatoms. The molecule has 0 bridgehead atoms. The number of hydrogen-bond acceptors (Lipinski definition) is 3. The minimum atomic E-state index is 0.250. The van der Waals surface area contributed by atoms with E-state index in [0.717, 1.165) is 31.7 Å². The first-order valence-electron chi connectivity index (χ1n) is 6.87. The third-order valence-electron chi connectivity index (χ3n) is 4.09. The average molecular weight is 251 g/mol. The summed E-state index contributed by atoms with van der Waals surface area (Å²) < 4.78 is 7.59. The summed E-state index contributed by atoms with van der Waals surface area (Å²) in [4.78, 5) is 0. The Bertz CT molecular complexity index is 386. The minimum Gasteiger partial charge on any atom is -0.378 e. The SMILES string of the molecule is CCOC1CC(NCCc2ccn(C)n2)C1(C)C. The highest BCUT2D eigenvalue weighted by Gasteiger charge is 2.48. The Labute approximate surface area is 110 Å². The number of hydrogen-bond donors (Lipinski definition) is 1. The Balaban J connectivity index is 1.72. The van der Waals surface area contributed by atoms with E-state index in [0.29, 0.717) is 12.1 Å². The number of nitrogens with zero attached hydrogens (tertiary/aromatic N) is 2. The van der Waals surface area contributed by atoms with Gasteiger partial charge in [0.1, 0.15) is 0 Å². The molecule has 1 saturated carbocycles. The lowest BCUT2D eigenvalue weighted by atomic mass is 9.64. The lowest BCUT2D eigenvalue weighted by molar-refractivity contribution is -0.113. The molecule has 0 spiro atoms. The zero-order chi connectivity index (χ0) is 13.2. The predicted octanol–water partition coefficient (Wildman–Crippen LogP) is 1.76. The first kappa shape index (κ1) is 13.6. The van der Waals surface area contributed by atoms with Crippen LogP contribution in [0.15, 0.2) is 12.3 Å². The number of rotatable bonds is 6. The van der Waals surface area contributed by atoms with Gasteiger partial charge in [0.2, 0.25) is 0 Å². The molecule has 2 unspecified atom stereocenters. The minimum absolute atomic E-state index is 0.250. The number of ether oxygens (including phenoxy) is 1. The quantitative estimate of drug-likeness (QED) is 0.837. The fourth-order valence-electron chi connectivity index (χ4n) is 2.69. The van der Waals surface area contributed by atoms with Crippen LogP contribution in [0.4, 0.5) is 0 Å². The number of nitrogens with one attached hydrogen (secondary N) is 1. The highest BCUT2D eigenvalue weighted by molar-refractivity contribution is 5.04. The molecular weight excluding hydrogens is 226 g/mol. The second-order valence-corrected chi connectivity index (χ2v) is 5.74. The molecule has 1 aliphatic rings. The van der Waals surface area contributed by atoms with E-state index in [1.54, 1.807) is 0 Å². The molecule has 1 aliphatic carbocycles. The number of aryl methyl sites for hydroxylation is 1. The lowest BCUT2D eigenvalue weighted by Crippen LogP contribution is -2.61. The second-order valence-electron chi connectivity index (χ2n) is 5.74. The maximum atomic E-state index is 5.74. The predicted molar refractivity (Wildman–Crippen MR) is 72.5 cm³/mol. The van der Waals surface area contributed by atoms with Crippen molar-refractivity contribution in [3.8, 4) is 0 Å². The van der Waals surface area contributed by atoms with Gasteiger partial charge in [-0.05, 0) is 19.4 Å². The van der Waals surface area contributed by atoms with Gasteiger partial charge >= 0.3 is 0 Å². The Hall–Kier alpha value is -0.870. The highest BCUT2D eigenvalue weighted by atomic mass is 16.5. The molecule has 18 heavy (non-hydrogen) atoms. The third kappa shape index (κ3) is 2.75.